The molecule has 0 aliphatic rings. The molecule has 0 radical (unpaired) electrons. The molecule has 8 heteroatoms. The lowest BCUT2D eigenvalue weighted by Crippen LogP contribution is -2.13. The SMILES string of the molecule is O=C(Oc1ccccc1)c1ccc(NS(=O)(=O)c2ccc(Cl)cc2)cc1O. The summed E-state index contributed by atoms with van der Waals surface area (Å²) in [4.78, 5) is 12.2. The average molecular weight is 404 g/mol. The number of ether oxygens (including phenoxy) is 1. The van der Waals surface area contributed by atoms with Gasteiger partial charge in [-0.3, -0.25) is 4.72 Å². The normalized spacial score (nSPS) is 11.0. The molecule has 0 spiro atoms. The molecule has 3 aromatic carbocycles. The Morgan fingerprint density at radius 2 is 1.63 bits per heavy atom. The van der Waals surface area contributed by atoms with Crippen LogP contribution >= 0.6 is 11.6 Å². The zero-order chi connectivity index (χ0) is 19.4. The van der Waals surface area contributed by atoms with Gasteiger partial charge in [-0.2, -0.15) is 0 Å². The Kier molecular flexibility index (Phi) is 5.34. The molecule has 0 atom stereocenters. The van der Waals surface area contributed by atoms with E-state index in [2.05, 4.69) is 4.72 Å². The minimum absolute atomic E-state index is 0.0129. The molecule has 6 nitrogen and oxygen atoms in total. The molecule has 27 heavy (non-hydrogen) atoms. The number of sulfonamides is 1. The monoisotopic (exact) mass is 403 g/mol. The van der Waals surface area contributed by atoms with E-state index in [1.807, 2.05) is 0 Å². The molecule has 0 saturated heterocycles. The Morgan fingerprint density at radius 1 is 0.963 bits per heavy atom. The van der Waals surface area contributed by atoms with Crippen molar-refractivity contribution in [3.63, 3.8) is 0 Å². The van der Waals surface area contributed by atoms with Crippen molar-refractivity contribution in [3.8, 4) is 11.5 Å². The fourth-order valence-electron chi connectivity index (χ4n) is 2.25. The summed E-state index contributed by atoms with van der Waals surface area (Å²) >= 11 is 5.76. The van der Waals surface area contributed by atoms with Gasteiger partial charge < -0.3 is 9.84 Å². The lowest BCUT2D eigenvalue weighted by atomic mass is 10.2. The van der Waals surface area contributed by atoms with Crippen molar-refractivity contribution in [1.82, 2.24) is 0 Å². The molecule has 0 unspecified atom stereocenters. The summed E-state index contributed by atoms with van der Waals surface area (Å²) in [6, 6.07) is 17.8. The number of benzene rings is 3. The van der Waals surface area contributed by atoms with E-state index in [4.69, 9.17) is 16.3 Å². The molecule has 0 bridgehead atoms. The minimum Gasteiger partial charge on any atom is -0.507 e. The Hall–Kier alpha value is -3.03. The first kappa shape index (κ1) is 18.8. The Morgan fingerprint density at radius 3 is 2.26 bits per heavy atom. The summed E-state index contributed by atoms with van der Waals surface area (Å²) in [5, 5.41) is 10.5. The van der Waals surface area contributed by atoms with Crippen LogP contribution in [0.25, 0.3) is 0 Å². The smallest absolute Gasteiger partial charge is 0.347 e. The summed E-state index contributed by atoms with van der Waals surface area (Å²) in [5.41, 5.74) is 0.00649. The quantitative estimate of drug-likeness (QED) is 0.495. The second-order valence-electron chi connectivity index (χ2n) is 5.49. The predicted molar refractivity (Wildman–Crippen MR) is 102 cm³/mol. The first-order valence-corrected chi connectivity index (χ1v) is 9.60. The largest absolute Gasteiger partial charge is 0.507 e. The first-order chi connectivity index (χ1) is 12.8. The maximum Gasteiger partial charge on any atom is 0.347 e. The van der Waals surface area contributed by atoms with Crippen LogP contribution in [0.5, 0.6) is 11.5 Å². The Balaban J connectivity index is 1.78. The lowest BCUT2D eigenvalue weighted by molar-refractivity contribution is 0.0731. The van der Waals surface area contributed by atoms with Crippen molar-refractivity contribution in [2.75, 3.05) is 4.72 Å². The molecule has 0 aromatic heterocycles. The molecule has 0 aliphatic carbocycles. The van der Waals surface area contributed by atoms with Gasteiger partial charge in [0.2, 0.25) is 0 Å². The van der Waals surface area contributed by atoms with Crippen LogP contribution in [0.4, 0.5) is 5.69 Å². The van der Waals surface area contributed by atoms with E-state index in [9.17, 15) is 18.3 Å². The highest BCUT2D eigenvalue weighted by molar-refractivity contribution is 7.92. The van der Waals surface area contributed by atoms with Crippen LogP contribution in [-0.4, -0.2) is 19.5 Å². The van der Waals surface area contributed by atoms with Crippen LogP contribution in [0.15, 0.2) is 77.7 Å². The number of phenols is 1. The van der Waals surface area contributed by atoms with Crippen LogP contribution in [0.1, 0.15) is 10.4 Å². The van der Waals surface area contributed by atoms with E-state index in [0.29, 0.717) is 10.8 Å². The molecular weight excluding hydrogens is 390 g/mol. The van der Waals surface area contributed by atoms with Gasteiger partial charge in [0.1, 0.15) is 17.1 Å². The second kappa shape index (κ2) is 7.69. The molecule has 2 N–H and O–H groups in total. The van der Waals surface area contributed by atoms with Crippen molar-refractivity contribution in [1.29, 1.82) is 0 Å². The highest BCUT2D eigenvalue weighted by Crippen LogP contribution is 2.26. The van der Waals surface area contributed by atoms with Crippen LogP contribution in [-0.2, 0) is 10.0 Å². The highest BCUT2D eigenvalue weighted by Gasteiger charge is 2.18. The molecule has 0 fully saturated rings. The van der Waals surface area contributed by atoms with Crippen molar-refractivity contribution < 1.29 is 23.1 Å². The number of anilines is 1. The second-order valence-corrected chi connectivity index (χ2v) is 7.61. The van der Waals surface area contributed by atoms with Gasteiger partial charge in [0, 0.05) is 11.1 Å². The van der Waals surface area contributed by atoms with Gasteiger partial charge in [0.15, 0.2) is 0 Å². The number of aromatic hydroxyl groups is 1. The van der Waals surface area contributed by atoms with Crippen LogP contribution in [0.3, 0.4) is 0 Å². The Bertz CT molecular complexity index is 1070. The molecule has 3 aromatic rings. The summed E-state index contributed by atoms with van der Waals surface area (Å²) in [6.07, 6.45) is 0. The van der Waals surface area contributed by atoms with Crippen molar-refractivity contribution in [2.24, 2.45) is 0 Å². The molecule has 0 saturated carbocycles. The maximum atomic E-state index is 12.4. The van der Waals surface area contributed by atoms with Crippen LogP contribution in [0.2, 0.25) is 5.02 Å². The summed E-state index contributed by atoms with van der Waals surface area (Å²) in [5.74, 6) is -0.840. The van der Waals surface area contributed by atoms with Crippen molar-refractivity contribution >= 4 is 33.3 Å². The lowest BCUT2D eigenvalue weighted by Gasteiger charge is -2.10. The number of esters is 1. The summed E-state index contributed by atoms with van der Waals surface area (Å²) in [7, 11) is -3.86. The zero-order valence-electron chi connectivity index (χ0n) is 13.8. The van der Waals surface area contributed by atoms with Gasteiger partial charge in [0.05, 0.1) is 10.6 Å². The maximum absolute atomic E-state index is 12.4. The van der Waals surface area contributed by atoms with Gasteiger partial charge in [-0.25, -0.2) is 13.2 Å². The van der Waals surface area contributed by atoms with Gasteiger partial charge in [-0.1, -0.05) is 29.8 Å². The fraction of sp³-hybridized carbons (Fsp3) is 0. The summed E-state index contributed by atoms with van der Waals surface area (Å²) in [6.45, 7) is 0. The Labute approximate surface area is 161 Å². The van der Waals surface area contributed by atoms with E-state index in [1.165, 1.54) is 36.4 Å². The fourth-order valence-corrected chi connectivity index (χ4v) is 3.42. The van der Waals surface area contributed by atoms with E-state index in [-0.39, 0.29) is 16.1 Å². The van der Waals surface area contributed by atoms with E-state index in [0.717, 1.165) is 6.07 Å². The van der Waals surface area contributed by atoms with Gasteiger partial charge in [-0.05, 0) is 48.5 Å². The number of hydrogen-bond donors (Lipinski definition) is 2. The molecular formula is C19H14ClNO5S. The van der Waals surface area contributed by atoms with E-state index < -0.39 is 21.7 Å². The number of carbonyl (C=O) groups excluding carboxylic acids is 1. The topological polar surface area (TPSA) is 92.7 Å². The number of phenolic OH excluding ortho intramolecular Hbond substituents is 1. The molecule has 3 rings (SSSR count). The van der Waals surface area contributed by atoms with E-state index >= 15 is 0 Å². The van der Waals surface area contributed by atoms with Gasteiger partial charge in [-0.15, -0.1) is 0 Å². The average Bonchev–Trinajstić information content (AvgIpc) is 2.62. The number of para-hydroxylation sites is 1. The van der Waals surface area contributed by atoms with Crippen molar-refractivity contribution in [3.05, 3.63) is 83.4 Å². The number of rotatable bonds is 5. The first-order valence-electron chi connectivity index (χ1n) is 7.74. The van der Waals surface area contributed by atoms with Crippen LogP contribution < -0.4 is 9.46 Å². The summed E-state index contributed by atoms with van der Waals surface area (Å²) < 4.78 is 32.2. The van der Waals surface area contributed by atoms with Crippen molar-refractivity contribution in [2.45, 2.75) is 4.90 Å². The van der Waals surface area contributed by atoms with Gasteiger partial charge >= 0.3 is 5.97 Å². The molecule has 0 heterocycles. The van der Waals surface area contributed by atoms with Gasteiger partial charge in [0.25, 0.3) is 10.0 Å². The third kappa shape index (κ3) is 4.58. The third-order valence-corrected chi connectivity index (χ3v) is 5.20. The third-order valence-electron chi connectivity index (χ3n) is 3.55. The standard InChI is InChI=1S/C19H14ClNO5S/c20-13-6-9-16(10-7-13)27(24,25)21-14-8-11-17(18(22)12-14)19(23)26-15-4-2-1-3-5-15/h1-12,21-22H. The number of hydrogen-bond acceptors (Lipinski definition) is 5. The molecule has 138 valence electrons. The zero-order valence-corrected chi connectivity index (χ0v) is 15.4. The number of nitrogens with one attached hydrogen (secondary N) is 1. The number of carbonyl (C=O) groups is 1. The number of halogens is 1. The predicted octanol–water partition coefficient (Wildman–Crippen LogP) is 4.07. The highest BCUT2D eigenvalue weighted by atomic mass is 35.5. The molecule has 0 aliphatic heterocycles. The van der Waals surface area contributed by atoms with E-state index in [1.54, 1.807) is 30.3 Å². The minimum atomic E-state index is -3.86. The van der Waals surface area contributed by atoms with Crippen LogP contribution in [0, 0.1) is 0 Å². The molecule has 0 amide bonds.